The van der Waals surface area contributed by atoms with Crippen LogP contribution in [-0.2, 0) is 9.59 Å². The fourth-order valence-electron chi connectivity index (χ4n) is 3.19. The average Bonchev–Trinajstić information content (AvgIpc) is 2.79. The van der Waals surface area contributed by atoms with Crippen LogP contribution in [0, 0.1) is 19.7 Å². The van der Waals surface area contributed by atoms with Crippen molar-refractivity contribution in [3.63, 3.8) is 0 Å². The van der Waals surface area contributed by atoms with Crippen LogP contribution in [0.3, 0.4) is 0 Å². The van der Waals surface area contributed by atoms with Gasteiger partial charge in [-0.05, 0) is 57.0 Å². The van der Waals surface area contributed by atoms with E-state index in [9.17, 15) is 14.0 Å². The van der Waals surface area contributed by atoms with E-state index in [1.165, 1.54) is 17.0 Å². The zero-order chi connectivity index (χ0) is 19.0. The number of aryl methyl sites for hydroxylation is 2. The van der Waals surface area contributed by atoms with Crippen LogP contribution in [0.4, 0.5) is 10.1 Å². The number of halogens is 1. The number of amides is 2. The Hall–Kier alpha value is -2.95. The van der Waals surface area contributed by atoms with Crippen molar-refractivity contribution in [1.29, 1.82) is 0 Å². The van der Waals surface area contributed by atoms with Crippen LogP contribution in [0.15, 0.2) is 48.2 Å². The third-order valence-corrected chi connectivity index (χ3v) is 4.38. The molecule has 1 N–H and O–H groups in total. The van der Waals surface area contributed by atoms with Crippen LogP contribution in [0.5, 0.6) is 0 Å². The van der Waals surface area contributed by atoms with Crippen molar-refractivity contribution in [2.75, 3.05) is 5.32 Å². The standard InChI is InChI=1S/C21H21FN2O2/c1-12(2)24-20(25)18(17-9-8-13(3)10-14(17)4)19(21(24)26)23-16-7-5-6-15(22)11-16/h5-12,23H,1-4H3. The zero-order valence-electron chi connectivity index (χ0n) is 15.3. The molecule has 3 rings (SSSR count). The maximum Gasteiger partial charge on any atom is 0.278 e. The van der Waals surface area contributed by atoms with Crippen LogP contribution in [0.2, 0.25) is 0 Å². The molecule has 0 radical (unpaired) electrons. The molecule has 2 amide bonds. The molecule has 134 valence electrons. The third kappa shape index (κ3) is 3.12. The number of imide groups is 1. The second-order valence-electron chi connectivity index (χ2n) is 6.78. The van der Waals surface area contributed by atoms with E-state index in [0.717, 1.165) is 11.1 Å². The van der Waals surface area contributed by atoms with Gasteiger partial charge >= 0.3 is 0 Å². The second-order valence-corrected chi connectivity index (χ2v) is 6.78. The number of carbonyl (C=O) groups excluding carboxylic acids is 2. The fraction of sp³-hybridized carbons (Fsp3) is 0.238. The van der Waals surface area contributed by atoms with E-state index in [-0.39, 0.29) is 17.6 Å². The minimum absolute atomic E-state index is 0.182. The van der Waals surface area contributed by atoms with E-state index in [4.69, 9.17) is 0 Å². The number of hydrogen-bond acceptors (Lipinski definition) is 3. The molecule has 0 atom stereocenters. The quantitative estimate of drug-likeness (QED) is 0.845. The maximum absolute atomic E-state index is 13.5. The Labute approximate surface area is 152 Å². The molecule has 1 heterocycles. The summed E-state index contributed by atoms with van der Waals surface area (Å²) >= 11 is 0. The normalized spacial score (nSPS) is 14.6. The van der Waals surface area contributed by atoms with Gasteiger partial charge in [-0.2, -0.15) is 0 Å². The van der Waals surface area contributed by atoms with Crippen molar-refractivity contribution in [2.24, 2.45) is 0 Å². The number of benzene rings is 2. The van der Waals surface area contributed by atoms with Gasteiger partial charge in [0.05, 0.1) is 5.57 Å². The molecule has 0 fully saturated rings. The molecule has 1 aliphatic rings. The summed E-state index contributed by atoms with van der Waals surface area (Å²) in [6, 6.07) is 11.3. The van der Waals surface area contributed by atoms with Crippen molar-refractivity contribution < 1.29 is 14.0 Å². The van der Waals surface area contributed by atoms with Crippen LogP contribution in [0.25, 0.3) is 5.57 Å². The molecule has 4 nitrogen and oxygen atoms in total. The van der Waals surface area contributed by atoms with Gasteiger partial charge in [0.2, 0.25) is 0 Å². The summed E-state index contributed by atoms with van der Waals surface area (Å²) in [4.78, 5) is 27.1. The van der Waals surface area contributed by atoms with Gasteiger partial charge in [-0.25, -0.2) is 4.39 Å². The molecule has 26 heavy (non-hydrogen) atoms. The second kappa shape index (κ2) is 6.75. The number of carbonyl (C=O) groups is 2. The molecule has 0 unspecified atom stereocenters. The molecule has 0 spiro atoms. The summed E-state index contributed by atoms with van der Waals surface area (Å²) in [5, 5.41) is 2.96. The molecule has 0 saturated heterocycles. The smallest absolute Gasteiger partial charge is 0.278 e. The van der Waals surface area contributed by atoms with Crippen molar-refractivity contribution in [3.05, 3.63) is 70.7 Å². The number of hydrogen-bond donors (Lipinski definition) is 1. The Morgan fingerprint density at radius 1 is 1.00 bits per heavy atom. The summed E-state index contributed by atoms with van der Waals surface area (Å²) < 4.78 is 13.5. The van der Waals surface area contributed by atoms with Gasteiger partial charge in [0.25, 0.3) is 11.8 Å². The molecule has 0 saturated carbocycles. The van der Waals surface area contributed by atoms with Crippen LogP contribution in [-0.4, -0.2) is 22.8 Å². The summed E-state index contributed by atoms with van der Waals surface area (Å²) in [5.41, 5.74) is 3.62. The molecular formula is C21H21FN2O2. The van der Waals surface area contributed by atoms with Crippen molar-refractivity contribution in [3.8, 4) is 0 Å². The van der Waals surface area contributed by atoms with Gasteiger partial charge in [-0.1, -0.05) is 29.8 Å². The van der Waals surface area contributed by atoms with Gasteiger partial charge in [0.15, 0.2) is 0 Å². The SMILES string of the molecule is Cc1ccc(C2=C(Nc3cccc(F)c3)C(=O)N(C(C)C)C2=O)c(C)c1. The van der Waals surface area contributed by atoms with Crippen LogP contribution < -0.4 is 5.32 Å². The largest absolute Gasteiger partial charge is 0.350 e. The molecule has 0 aromatic heterocycles. The monoisotopic (exact) mass is 352 g/mol. The Morgan fingerprint density at radius 2 is 1.73 bits per heavy atom. The first kappa shape index (κ1) is 17.9. The molecule has 2 aromatic carbocycles. The van der Waals surface area contributed by atoms with Crippen LogP contribution in [0.1, 0.15) is 30.5 Å². The highest BCUT2D eigenvalue weighted by Crippen LogP contribution is 2.33. The topological polar surface area (TPSA) is 49.4 Å². The summed E-state index contributed by atoms with van der Waals surface area (Å²) in [6.07, 6.45) is 0. The Kier molecular flexibility index (Phi) is 4.64. The number of anilines is 1. The van der Waals surface area contributed by atoms with E-state index < -0.39 is 11.7 Å². The molecule has 0 aliphatic carbocycles. The summed E-state index contributed by atoms with van der Waals surface area (Å²) in [5.74, 6) is -1.15. The number of nitrogens with zero attached hydrogens (tertiary/aromatic N) is 1. The summed E-state index contributed by atoms with van der Waals surface area (Å²) in [6.45, 7) is 7.46. The Bertz CT molecular complexity index is 931. The van der Waals surface area contributed by atoms with Gasteiger partial charge in [-0.15, -0.1) is 0 Å². The Morgan fingerprint density at radius 3 is 2.35 bits per heavy atom. The number of nitrogens with one attached hydrogen (secondary N) is 1. The lowest BCUT2D eigenvalue weighted by atomic mass is 9.97. The van der Waals surface area contributed by atoms with Gasteiger partial charge < -0.3 is 5.32 Å². The van der Waals surface area contributed by atoms with E-state index in [0.29, 0.717) is 16.8 Å². The predicted octanol–water partition coefficient (Wildman–Crippen LogP) is 4.04. The average molecular weight is 352 g/mol. The van der Waals surface area contributed by atoms with Crippen molar-refractivity contribution in [1.82, 2.24) is 4.90 Å². The third-order valence-electron chi connectivity index (χ3n) is 4.38. The van der Waals surface area contributed by atoms with E-state index in [1.807, 2.05) is 32.0 Å². The van der Waals surface area contributed by atoms with Crippen molar-refractivity contribution >= 4 is 23.1 Å². The van der Waals surface area contributed by atoms with Crippen LogP contribution >= 0.6 is 0 Å². The molecule has 2 aromatic rings. The first-order valence-corrected chi connectivity index (χ1v) is 8.52. The highest BCUT2D eigenvalue weighted by molar-refractivity contribution is 6.36. The minimum Gasteiger partial charge on any atom is -0.350 e. The van der Waals surface area contributed by atoms with E-state index >= 15 is 0 Å². The van der Waals surface area contributed by atoms with Gasteiger partial charge in [0, 0.05) is 11.7 Å². The lowest BCUT2D eigenvalue weighted by Gasteiger charge is -2.19. The molecule has 0 bridgehead atoms. The lowest BCUT2D eigenvalue weighted by molar-refractivity contribution is -0.138. The zero-order valence-corrected chi connectivity index (χ0v) is 15.3. The van der Waals surface area contributed by atoms with Gasteiger partial charge in [0.1, 0.15) is 11.5 Å². The molecular weight excluding hydrogens is 331 g/mol. The maximum atomic E-state index is 13.5. The first-order valence-electron chi connectivity index (χ1n) is 8.52. The molecule has 5 heteroatoms. The minimum atomic E-state index is -0.416. The number of rotatable bonds is 4. The lowest BCUT2D eigenvalue weighted by Crippen LogP contribution is -2.38. The predicted molar refractivity (Wildman–Crippen MR) is 99.8 cm³/mol. The first-order chi connectivity index (χ1) is 12.3. The fourth-order valence-corrected chi connectivity index (χ4v) is 3.19. The van der Waals surface area contributed by atoms with E-state index in [1.54, 1.807) is 26.0 Å². The highest BCUT2D eigenvalue weighted by atomic mass is 19.1. The van der Waals surface area contributed by atoms with Crippen molar-refractivity contribution in [2.45, 2.75) is 33.7 Å². The summed E-state index contributed by atoms with van der Waals surface area (Å²) in [7, 11) is 0. The van der Waals surface area contributed by atoms with Gasteiger partial charge in [-0.3, -0.25) is 14.5 Å². The Balaban J connectivity index is 2.16. The molecule has 1 aliphatic heterocycles. The van der Waals surface area contributed by atoms with E-state index in [2.05, 4.69) is 5.32 Å². The highest BCUT2D eigenvalue weighted by Gasteiger charge is 2.41.